The maximum absolute atomic E-state index is 8.80. The Morgan fingerprint density at radius 2 is 2.41 bits per heavy atom. The number of hydrogen-bond acceptors (Lipinski definition) is 5. The molecule has 2 heterocycles. The van der Waals surface area contributed by atoms with Crippen molar-refractivity contribution in [2.45, 2.75) is 13.5 Å². The summed E-state index contributed by atoms with van der Waals surface area (Å²) in [4.78, 5) is 0.551. The first kappa shape index (κ1) is 11.5. The third-order valence-corrected chi connectivity index (χ3v) is 3.44. The number of hydrogen-bond donors (Lipinski definition) is 2. The lowest BCUT2D eigenvalue weighted by Gasteiger charge is -2.00. The van der Waals surface area contributed by atoms with E-state index in [0.29, 0.717) is 17.1 Å². The van der Waals surface area contributed by atoms with Crippen molar-refractivity contribution in [1.29, 1.82) is 5.26 Å². The second kappa shape index (κ2) is 4.47. The van der Waals surface area contributed by atoms with Gasteiger partial charge in [0.15, 0.2) is 0 Å². The smallest absolute Gasteiger partial charge is 0.129 e. The van der Waals surface area contributed by atoms with Crippen LogP contribution >= 0.6 is 11.3 Å². The molecule has 5 nitrogen and oxygen atoms in total. The highest BCUT2D eigenvalue weighted by molar-refractivity contribution is 7.17. The van der Waals surface area contributed by atoms with Crippen LogP contribution in [0.4, 0.5) is 10.7 Å². The standard InChI is InChI=1S/C11H13N5S/c1-7-8(6-16(2)15-7)5-14-11-3-9(13)10(4-12)17-11/h3,6,14H,5,13H2,1-2H3. The van der Waals surface area contributed by atoms with Gasteiger partial charge in [0, 0.05) is 25.4 Å². The number of nitrogens with two attached hydrogens (primary N) is 1. The summed E-state index contributed by atoms with van der Waals surface area (Å²) in [7, 11) is 1.90. The Balaban J connectivity index is 2.07. The van der Waals surface area contributed by atoms with Crippen molar-refractivity contribution in [2.24, 2.45) is 7.05 Å². The van der Waals surface area contributed by atoms with Gasteiger partial charge in [-0.15, -0.1) is 11.3 Å². The molecule has 0 fully saturated rings. The minimum Gasteiger partial charge on any atom is -0.397 e. The minimum absolute atomic E-state index is 0.530. The van der Waals surface area contributed by atoms with Gasteiger partial charge in [0.05, 0.1) is 16.4 Å². The Bertz CT molecular complexity index is 575. The van der Waals surface area contributed by atoms with Gasteiger partial charge in [-0.3, -0.25) is 4.68 Å². The van der Waals surface area contributed by atoms with Crippen LogP contribution in [0.15, 0.2) is 12.3 Å². The van der Waals surface area contributed by atoms with E-state index in [1.807, 2.05) is 20.2 Å². The lowest BCUT2D eigenvalue weighted by molar-refractivity contribution is 0.756. The summed E-state index contributed by atoms with van der Waals surface area (Å²) in [6.07, 6.45) is 1.98. The molecule has 0 spiro atoms. The fraction of sp³-hybridized carbons (Fsp3) is 0.273. The number of aryl methyl sites for hydroxylation is 2. The Morgan fingerprint density at radius 1 is 1.65 bits per heavy atom. The number of nitrogens with zero attached hydrogens (tertiary/aromatic N) is 3. The largest absolute Gasteiger partial charge is 0.397 e. The number of nitrogen functional groups attached to an aromatic ring is 1. The van der Waals surface area contributed by atoms with E-state index in [-0.39, 0.29) is 0 Å². The van der Waals surface area contributed by atoms with Crippen molar-refractivity contribution >= 4 is 22.0 Å². The molecule has 6 heteroatoms. The summed E-state index contributed by atoms with van der Waals surface area (Å²) in [6, 6.07) is 3.85. The van der Waals surface area contributed by atoms with E-state index in [2.05, 4.69) is 16.5 Å². The van der Waals surface area contributed by atoms with Gasteiger partial charge in [0.25, 0.3) is 0 Å². The van der Waals surface area contributed by atoms with Crippen LogP contribution in [0.5, 0.6) is 0 Å². The van der Waals surface area contributed by atoms with Gasteiger partial charge < -0.3 is 11.1 Å². The van der Waals surface area contributed by atoms with Crippen LogP contribution in [0, 0.1) is 18.3 Å². The van der Waals surface area contributed by atoms with Crippen LogP contribution < -0.4 is 11.1 Å². The summed E-state index contributed by atoms with van der Waals surface area (Å²) in [6.45, 7) is 2.66. The number of anilines is 2. The second-order valence-corrected chi connectivity index (χ2v) is 4.83. The average Bonchev–Trinajstić information content (AvgIpc) is 2.79. The normalized spacial score (nSPS) is 10.2. The number of thiophene rings is 1. The van der Waals surface area contributed by atoms with Crippen molar-refractivity contribution in [1.82, 2.24) is 9.78 Å². The van der Waals surface area contributed by atoms with E-state index < -0.39 is 0 Å². The van der Waals surface area contributed by atoms with Crippen molar-refractivity contribution in [3.8, 4) is 6.07 Å². The van der Waals surface area contributed by atoms with E-state index in [1.165, 1.54) is 11.3 Å². The van der Waals surface area contributed by atoms with Crippen molar-refractivity contribution < 1.29 is 0 Å². The molecule has 2 rings (SSSR count). The van der Waals surface area contributed by atoms with Crippen molar-refractivity contribution in [2.75, 3.05) is 11.1 Å². The fourth-order valence-electron chi connectivity index (χ4n) is 1.58. The Morgan fingerprint density at radius 3 is 2.94 bits per heavy atom. The molecule has 0 saturated carbocycles. The van der Waals surface area contributed by atoms with Crippen molar-refractivity contribution in [3.05, 3.63) is 28.4 Å². The summed E-state index contributed by atoms with van der Waals surface area (Å²) in [5, 5.41) is 17.2. The quantitative estimate of drug-likeness (QED) is 0.867. The summed E-state index contributed by atoms with van der Waals surface area (Å²) in [5.74, 6) is 0. The topological polar surface area (TPSA) is 79.7 Å². The molecular weight excluding hydrogens is 234 g/mol. The molecule has 0 aromatic carbocycles. The van der Waals surface area contributed by atoms with Gasteiger partial charge >= 0.3 is 0 Å². The first-order valence-corrected chi connectivity index (χ1v) is 5.94. The number of aromatic nitrogens is 2. The zero-order valence-corrected chi connectivity index (χ0v) is 10.5. The molecule has 0 aliphatic heterocycles. The predicted molar refractivity (Wildman–Crippen MR) is 68.7 cm³/mol. The highest BCUT2D eigenvalue weighted by Crippen LogP contribution is 2.28. The first-order valence-electron chi connectivity index (χ1n) is 5.12. The number of nitrogens with one attached hydrogen (secondary N) is 1. The molecule has 3 N–H and O–H groups in total. The molecule has 0 saturated heterocycles. The Labute approximate surface area is 103 Å². The van der Waals surface area contributed by atoms with E-state index in [1.54, 1.807) is 10.7 Å². The summed E-state index contributed by atoms with van der Waals surface area (Å²) >= 11 is 1.37. The molecule has 17 heavy (non-hydrogen) atoms. The zero-order chi connectivity index (χ0) is 12.4. The van der Waals surface area contributed by atoms with Crippen LogP contribution in [-0.4, -0.2) is 9.78 Å². The van der Waals surface area contributed by atoms with Crippen LogP contribution in [-0.2, 0) is 13.6 Å². The number of rotatable bonds is 3. The molecule has 2 aromatic heterocycles. The molecule has 0 unspecified atom stereocenters. The Kier molecular flexibility index (Phi) is 3.02. The molecule has 0 amide bonds. The van der Waals surface area contributed by atoms with Crippen molar-refractivity contribution in [3.63, 3.8) is 0 Å². The highest BCUT2D eigenvalue weighted by Gasteiger charge is 2.07. The lowest BCUT2D eigenvalue weighted by atomic mass is 10.2. The van der Waals surface area contributed by atoms with Gasteiger partial charge in [-0.1, -0.05) is 0 Å². The molecular formula is C11H13N5S. The van der Waals surface area contributed by atoms with E-state index in [9.17, 15) is 0 Å². The number of nitriles is 1. The molecule has 0 radical (unpaired) electrons. The first-order chi connectivity index (χ1) is 8.10. The van der Waals surface area contributed by atoms with Gasteiger partial charge in [-0.05, 0) is 13.0 Å². The lowest BCUT2D eigenvalue weighted by Crippen LogP contribution is -1.97. The molecule has 0 aliphatic carbocycles. The van der Waals surface area contributed by atoms with Crippen LogP contribution in [0.3, 0.4) is 0 Å². The van der Waals surface area contributed by atoms with Gasteiger partial charge in [-0.25, -0.2) is 0 Å². The SMILES string of the molecule is Cc1nn(C)cc1CNc1cc(N)c(C#N)s1. The molecule has 0 aliphatic rings. The molecule has 0 atom stereocenters. The third-order valence-electron chi connectivity index (χ3n) is 2.43. The monoisotopic (exact) mass is 247 g/mol. The summed E-state index contributed by atoms with van der Waals surface area (Å²) in [5.41, 5.74) is 8.36. The molecule has 88 valence electrons. The minimum atomic E-state index is 0.530. The zero-order valence-electron chi connectivity index (χ0n) is 9.69. The van der Waals surface area contributed by atoms with Gasteiger partial charge in [-0.2, -0.15) is 10.4 Å². The summed E-state index contributed by atoms with van der Waals surface area (Å²) < 4.78 is 1.79. The predicted octanol–water partition coefficient (Wildman–Crippen LogP) is 1.86. The van der Waals surface area contributed by atoms with Crippen LogP contribution in [0.25, 0.3) is 0 Å². The van der Waals surface area contributed by atoms with Crippen LogP contribution in [0.2, 0.25) is 0 Å². The van der Waals surface area contributed by atoms with Gasteiger partial charge in [0.2, 0.25) is 0 Å². The molecule has 2 aromatic rings. The Hall–Kier alpha value is -2.00. The van der Waals surface area contributed by atoms with E-state index in [4.69, 9.17) is 11.0 Å². The van der Waals surface area contributed by atoms with Gasteiger partial charge in [0.1, 0.15) is 10.9 Å². The third kappa shape index (κ3) is 2.40. The fourth-order valence-corrected chi connectivity index (χ4v) is 2.36. The molecule has 0 bridgehead atoms. The highest BCUT2D eigenvalue weighted by atomic mass is 32.1. The van der Waals surface area contributed by atoms with Crippen LogP contribution in [0.1, 0.15) is 16.1 Å². The second-order valence-electron chi connectivity index (χ2n) is 3.77. The van der Waals surface area contributed by atoms with E-state index in [0.717, 1.165) is 16.3 Å². The van der Waals surface area contributed by atoms with E-state index >= 15 is 0 Å². The maximum atomic E-state index is 8.80. The maximum Gasteiger partial charge on any atom is 0.129 e. The average molecular weight is 247 g/mol.